The van der Waals surface area contributed by atoms with Crippen molar-refractivity contribution in [3.63, 3.8) is 0 Å². The Balaban J connectivity index is 2.33. The summed E-state index contributed by atoms with van der Waals surface area (Å²) >= 11 is 9.70. The molecule has 0 spiro atoms. The molecule has 1 atom stereocenters. The smallest absolute Gasteiger partial charge is 0.127 e. The first-order valence-electron chi connectivity index (χ1n) is 6.95. The number of hydrogen-bond acceptors (Lipinski definition) is 1. The molecule has 0 bridgehead atoms. The van der Waals surface area contributed by atoms with Crippen LogP contribution < -0.4 is 5.32 Å². The average molecular weight is 371 g/mol. The summed E-state index contributed by atoms with van der Waals surface area (Å²) in [5.74, 6) is -0.198. The molecule has 1 unspecified atom stereocenters. The maximum atomic E-state index is 14.1. The molecule has 0 aliphatic heterocycles. The highest BCUT2D eigenvalue weighted by molar-refractivity contribution is 9.10. The number of halogens is 3. The van der Waals surface area contributed by atoms with Crippen LogP contribution in [-0.4, -0.2) is 6.54 Å². The Kier molecular flexibility index (Phi) is 5.80. The standard InChI is InChI=1S/C17H18BrClFN/c1-3-21-16(14-6-4-5-11(2)17(14)19)9-12-7-8-13(18)10-15(12)20/h4-8,10,16,21H,3,9H2,1-2H3. The fourth-order valence-electron chi connectivity index (χ4n) is 2.38. The lowest BCUT2D eigenvalue weighted by molar-refractivity contribution is 0.527. The molecule has 4 heteroatoms. The molecule has 112 valence electrons. The largest absolute Gasteiger partial charge is 0.310 e. The summed E-state index contributed by atoms with van der Waals surface area (Å²) in [6.45, 7) is 4.82. The highest BCUT2D eigenvalue weighted by atomic mass is 79.9. The second-order valence-corrected chi connectivity index (χ2v) is 6.32. The van der Waals surface area contributed by atoms with Crippen LogP contribution in [0.15, 0.2) is 40.9 Å². The minimum absolute atomic E-state index is 0.00178. The first-order valence-corrected chi connectivity index (χ1v) is 8.12. The molecule has 2 rings (SSSR count). The summed E-state index contributed by atoms with van der Waals surface area (Å²) in [6, 6.07) is 11.1. The van der Waals surface area contributed by atoms with Gasteiger partial charge in [0.05, 0.1) is 0 Å². The molecule has 2 aromatic rings. The number of hydrogen-bond donors (Lipinski definition) is 1. The quantitative estimate of drug-likeness (QED) is 0.738. The SMILES string of the molecule is CCNC(Cc1ccc(Br)cc1F)c1cccc(C)c1Cl. The van der Waals surface area contributed by atoms with E-state index >= 15 is 0 Å². The molecule has 0 fully saturated rings. The van der Waals surface area contributed by atoms with Crippen LogP contribution in [-0.2, 0) is 6.42 Å². The van der Waals surface area contributed by atoms with Crippen molar-refractivity contribution in [2.75, 3.05) is 6.54 Å². The maximum Gasteiger partial charge on any atom is 0.127 e. The zero-order chi connectivity index (χ0) is 15.4. The number of likely N-dealkylation sites (N-methyl/N-ethyl adjacent to an activating group) is 1. The Morgan fingerprint density at radius 1 is 1.29 bits per heavy atom. The van der Waals surface area contributed by atoms with Crippen LogP contribution >= 0.6 is 27.5 Å². The van der Waals surface area contributed by atoms with Gasteiger partial charge in [0.1, 0.15) is 5.82 Å². The fourth-order valence-corrected chi connectivity index (χ4v) is 2.98. The third-order valence-electron chi connectivity index (χ3n) is 3.49. The third-order valence-corrected chi connectivity index (χ3v) is 4.50. The molecular formula is C17H18BrClFN. The monoisotopic (exact) mass is 369 g/mol. The van der Waals surface area contributed by atoms with Crippen molar-refractivity contribution in [1.29, 1.82) is 0 Å². The maximum absolute atomic E-state index is 14.1. The van der Waals surface area contributed by atoms with Crippen molar-refractivity contribution in [1.82, 2.24) is 5.32 Å². The van der Waals surface area contributed by atoms with Gasteiger partial charge in [-0.3, -0.25) is 0 Å². The number of rotatable bonds is 5. The van der Waals surface area contributed by atoms with Crippen LogP contribution in [0.1, 0.15) is 29.7 Å². The number of nitrogens with one attached hydrogen (secondary N) is 1. The van der Waals surface area contributed by atoms with Gasteiger partial charge in [0, 0.05) is 15.5 Å². The average Bonchev–Trinajstić information content (AvgIpc) is 2.44. The second kappa shape index (κ2) is 7.39. The van der Waals surface area contributed by atoms with Gasteiger partial charge in [0.15, 0.2) is 0 Å². The summed E-state index contributed by atoms with van der Waals surface area (Å²) in [7, 11) is 0. The predicted octanol–water partition coefficient (Wildman–Crippen LogP) is 5.44. The molecule has 21 heavy (non-hydrogen) atoms. The summed E-state index contributed by atoms with van der Waals surface area (Å²) in [4.78, 5) is 0. The van der Waals surface area contributed by atoms with Crippen molar-refractivity contribution in [3.05, 3.63) is 68.4 Å². The van der Waals surface area contributed by atoms with Crippen LogP contribution in [0.25, 0.3) is 0 Å². The van der Waals surface area contributed by atoms with E-state index < -0.39 is 0 Å². The minimum atomic E-state index is -0.198. The van der Waals surface area contributed by atoms with Crippen LogP contribution in [0.4, 0.5) is 4.39 Å². The molecule has 1 N–H and O–H groups in total. The highest BCUT2D eigenvalue weighted by Crippen LogP contribution is 2.29. The van der Waals surface area contributed by atoms with Crippen molar-refractivity contribution in [3.8, 4) is 0 Å². The third kappa shape index (κ3) is 4.06. The van der Waals surface area contributed by atoms with Gasteiger partial charge in [-0.25, -0.2) is 4.39 Å². The lowest BCUT2D eigenvalue weighted by Crippen LogP contribution is -2.23. The molecule has 2 aromatic carbocycles. The second-order valence-electron chi connectivity index (χ2n) is 5.03. The molecule has 0 aromatic heterocycles. The Morgan fingerprint density at radius 3 is 2.71 bits per heavy atom. The Morgan fingerprint density at radius 2 is 2.05 bits per heavy atom. The molecular weight excluding hydrogens is 353 g/mol. The molecule has 0 aliphatic rings. The number of benzene rings is 2. The van der Waals surface area contributed by atoms with E-state index in [1.54, 1.807) is 0 Å². The van der Waals surface area contributed by atoms with Gasteiger partial charge in [-0.1, -0.05) is 58.7 Å². The van der Waals surface area contributed by atoms with Gasteiger partial charge in [-0.05, 0) is 48.7 Å². The Labute approximate surface area is 138 Å². The van der Waals surface area contributed by atoms with E-state index in [2.05, 4.69) is 21.2 Å². The van der Waals surface area contributed by atoms with E-state index in [1.807, 2.05) is 44.2 Å². The first-order chi connectivity index (χ1) is 10.0. The Hall–Kier alpha value is -0.900. The van der Waals surface area contributed by atoms with Crippen LogP contribution in [0, 0.1) is 12.7 Å². The lowest BCUT2D eigenvalue weighted by Gasteiger charge is -2.21. The molecule has 0 radical (unpaired) electrons. The van der Waals surface area contributed by atoms with E-state index in [4.69, 9.17) is 11.6 Å². The zero-order valence-electron chi connectivity index (χ0n) is 12.1. The predicted molar refractivity (Wildman–Crippen MR) is 90.4 cm³/mol. The van der Waals surface area contributed by atoms with Crippen molar-refractivity contribution in [2.45, 2.75) is 26.3 Å². The lowest BCUT2D eigenvalue weighted by atomic mass is 9.97. The van der Waals surface area contributed by atoms with Crippen molar-refractivity contribution >= 4 is 27.5 Å². The summed E-state index contributed by atoms with van der Waals surface area (Å²) in [5, 5.41) is 4.15. The molecule has 0 saturated carbocycles. The first kappa shape index (κ1) is 16.5. The van der Waals surface area contributed by atoms with Crippen molar-refractivity contribution < 1.29 is 4.39 Å². The summed E-state index contributed by atoms with van der Waals surface area (Å²) < 4.78 is 14.8. The summed E-state index contributed by atoms with van der Waals surface area (Å²) in [6.07, 6.45) is 0.566. The molecule has 0 saturated heterocycles. The van der Waals surface area contributed by atoms with Crippen LogP contribution in [0.3, 0.4) is 0 Å². The van der Waals surface area contributed by atoms with E-state index in [0.29, 0.717) is 12.0 Å². The van der Waals surface area contributed by atoms with Gasteiger partial charge in [0.2, 0.25) is 0 Å². The fraction of sp³-hybridized carbons (Fsp3) is 0.294. The van der Waals surface area contributed by atoms with Gasteiger partial charge >= 0.3 is 0 Å². The zero-order valence-corrected chi connectivity index (χ0v) is 14.4. The topological polar surface area (TPSA) is 12.0 Å². The van der Waals surface area contributed by atoms with Gasteiger partial charge < -0.3 is 5.32 Å². The van der Waals surface area contributed by atoms with Gasteiger partial charge in [-0.2, -0.15) is 0 Å². The normalized spacial score (nSPS) is 12.4. The van der Waals surface area contributed by atoms with Gasteiger partial charge in [0.25, 0.3) is 0 Å². The van der Waals surface area contributed by atoms with Gasteiger partial charge in [-0.15, -0.1) is 0 Å². The molecule has 1 nitrogen and oxygen atoms in total. The van der Waals surface area contributed by atoms with Crippen LogP contribution in [0.2, 0.25) is 5.02 Å². The molecule has 0 aliphatic carbocycles. The van der Waals surface area contributed by atoms with E-state index in [0.717, 1.165) is 27.2 Å². The molecule has 0 amide bonds. The number of aryl methyl sites for hydroxylation is 1. The van der Waals surface area contributed by atoms with E-state index in [-0.39, 0.29) is 11.9 Å². The molecule has 0 heterocycles. The summed E-state index contributed by atoms with van der Waals surface area (Å²) in [5.41, 5.74) is 2.73. The minimum Gasteiger partial charge on any atom is -0.310 e. The van der Waals surface area contributed by atoms with Crippen LogP contribution in [0.5, 0.6) is 0 Å². The Bertz CT molecular complexity index is 630. The van der Waals surface area contributed by atoms with E-state index in [1.165, 1.54) is 6.07 Å². The highest BCUT2D eigenvalue weighted by Gasteiger charge is 2.17. The van der Waals surface area contributed by atoms with Crippen molar-refractivity contribution in [2.24, 2.45) is 0 Å². The van der Waals surface area contributed by atoms with E-state index in [9.17, 15) is 4.39 Å².